The van der Waals surface area contributed by atoms with Crippen LogP contribution in [-0.2, 0) is 0 Å². The monoisotopic (exact) mass is 188 g/mol. The van der Waals surface area contributed by atoms with Gasteiger partial charge in [-0.05, 0) is 18.2 Å². The van der Waals surface area contributed by atoms with Gasteiger partial charge in [-0.15, -0.1) is 0 Å². The summed E-state index contributed by atoms with van der Waals surface area (Å²) in [5.74, 6) is -1.25. The van der Waals surface area contributed by atoms with Crippen molar-refractivity contribution in [3.8, 4) is 0 Å². The summed E-state index contributed by atoms with van der Waals surface area (Å²) in [6, 6.07) is -1.79. The first-order chi connectivity index (χ1) is 6.02. The van der Waals surface area contributed by atoms with Crippen molar-refractivity contribution in [3.63, 3.8) is 0 Å². The van der Waals surface area contributed by atoms with Gasteiger partial charge >= 0.3 is 12.1 Å². The molecule has 5 heteroatoms. The van der Waals surface area contributed by atoms with Gasteiger partial charge in [-0.25, -0.2) is 4.39 Å². The fourth-order valence-electron chi connectivity index (χ4n) is 0.797. The summed E-state index contributed by atoms with van der Waals surface area (Å²) < 4.78 is 36.6. The summed E-state index contributed by atoms with van der Waals surface area (Å²) in [4.78, 5) is 20.1. The van der Waals surface area contributed by atoms with Gasteiger partial charge in [-0.3, -0.25) is 9.59 Å². The van der Waals surface area contributed by atoms with Gasteiger partial charge in [0.2, 0.25) is 0 Å². The molecule has 0 bridgehead atoms. The van der Waals surface area contributed by atoms with Crippen LogP contribution in [-0.4, -0.2) is 12.1 Å². The topological polar surface area (TPSA) is 34.1 Å². The fraction of sp³-hybridized carbons (Fsp3) is 0. The summed E-state index contributed by atoms with van der Waals surface area (Å²) in [7, 11) is 0. The van der Waals surface area contributed by atoms with Crippen molar-refractivity contribution in [3.05, 3.63) is 35.1 Å². The lowest BCUT2D eigenvalue weighted by Crippen LogP contribution is -1.98. The molecule has 1 rings (SSSR count). The Balaban J connectivity index is 3.20. The molecule has 2 nitrogen and oxygen atoms in total. The van der Waals surface area contributed by atoms with Gasteiger partial charge < -0.3 is 0 Å². The number of benzene rings is 1. The molecule has 0 atom stereocenters. The van der Waals surface area contributed by atoms with E-state index >= 15 is 0 Å². The first-order valence-corrected chi connectivity index (χ1v) is 3.21. The Labute approximate surface area is 71.0 Å². The standard InChI is InChI=1S/C8H3F3O2/c9-6-3-4(7(10)12)1-2-5(6)8(11)13/h1-3H. The highest BCUT2D eigenvalue weighted by atomic mass is 19.1. The molecule has 0 heterocycles. The van der Waals surface area contributed by atoms with Crippen molar-refractivity contribution >= 4 is 12.1 Å². The molecule has 0 aliphatic rings. The minimum atomic E-state index is -1.96. The van der Waals surface area contributed by atoms with E-state index in [1.165, 1.54) is 0 Å². The Kier molecular flexibility index (Phi) is 2.46. The van der Waals surface area contributed by atoms with Crippen molar-refractivity contribution in [2.45, 2.75) is 0 Å². The van der Waals surface area contributed by atoms with Crippen molar-refractivity contribution in [2.75, 3.05) is 0 Å². The molecule has 0 saturated heterocycles. The summed E-state index contributed by atoms with van der Waals surface area (Å²) in [5, 5.41) is 0. The van der Waals surface area contributed by atoms with Crippen LogP contribution in [0.25, 0.3) is 0 Å². The third-order valence-electron chi connectivity index (χ3n) is 1.41. The third kappa shape index (κ3) is 1.93. The lowest BCUT2D eigenvalue weighted by molar-refractivity contribution is 0.0817. The van der Waals surface area contributed by atoms with Crippen LogP contribution in [0.1, 0.15) is 20.7 Å². The second kappa shape index (κ2) is 3.38. The predicted molar refractivity (Wildman–Crippen MR) is 37.3 cm³/mol. The molecule has 0 radical (unpaired) electrons. The molecule has 0 N–H and O–H groups in total. The Morgan fingerprint density at radius 3 is 2.08 bits per heavy atom. The van der Waals surface area contributed by atoms with E-state index in [1.807, 2.05) is 0 Å². The van der Waals surface area contributed by atoms with Gasteiger partial charge in [-0.1, -0.05) is 0 Å². The molecule has 0 aliphatic carbocycles. The first-order valence-electron chi connectivity index (χ1n) is 3.21. The van der Waals surface area contributed by atoms with E-state index in [0.717, 1.165) is 6.07 Å². The molecular weight excluding hydrogens is 185 g/mol. The number of hydrogen-bond donors (Lipinski definition) is 0. The predicted octanol–water partition coefficient (Wildman–Crippen LogP) is 2.05. The lowest BCUT2D eigenvalue weighted by atomic mass is 10.1. The van der Waals surface area contributed by atoms with Crippen LogP contribution >= 0.6 is 0 Å². The molecule has 1 aromatic rings. The Morgan fingerprint density at radius 2 is 1.69 bits per heavy atom. The quantitative estimate of drug-likeness (QED) is 0.665. The zero-order valence-corrected chi connectivity index (χ0v) is 6.18. The third-order valence-corrected chi connectivity index (χ3v) is 1.41. The zero-order chi connectivity index (χ0) is 10.0. The van der Waals surface area contributed by atoms with Gasteiger partial charge in [0.15, 0.2) is 0 Å². The van der Waals surface area contributed by atoms with Crippen LogP contribution in [0.15, 0.2) is 18.2 Å². The highest BCUT2D eigenvalue weighted by Crippen LogP contribution is 2.12. The van der Waals surface area contributed by atoms with Gasteiger partial charge in [0.1, 0.15) is 5.82 Å². The van der Waals surface area contributed by atoms with Crippen molar-refractivity contribution in [1.82, 2.24) is 0 Å². The highest BCUT2D eigenvalue weighted by Gasteiger charge is 2.13. The second-order valence-electron chi connectivity index (χ2n) is 2.24. The van der Waals surface area contributed by atoms with E-state index in [0.29, 0.717) is 12.1 Å². The lowest BCUT2D eigenvalue weighted by Gasteiger charge is -1.96. The minimum Gasteiger partial charge on any atom is -0.255 e. The molecule has 13 heavy (non-hydrogen) atoms. The Bertz CT molecular complexity index is 374. The van der Waals surface area contributed by atoms with Gasteiger partial charge in [0.25, 0.3) is 0 Å². The molecule has 1 aromatic carbocycles. The summed E-state index contributed by atoms with van der Waals surface area (Å²) in [6.45, 7) is 0. The molecule has 0 spiro atoms. The summed E-state index contributed by atoms with van der Waals surface area (Å²) in [6.07, 6.45) is 0. The van der Waals surface area contributed by atoms with Crippen LogP contribution < -0.4 is 0 Å². The maximum absolute atomic E-state index is 12.7. The molecule has 0 amide bonds. The van der Waals surface area contributed by atoms with Crippen LogP contribution in [0.4, 0.5) is 13.2 Å². The smallest absolute Gasteiger partial charge is 0.255 e. The minimum absolute atomic E-state index is 0.467. The molecule has 0 aromatic heterocycles. The van der Waals surface area contributed by atoms with Crippen molar-refractivity contribution in [1.29, 1.82) is 0 Å². The zero-order valence-electron chi connectivity index (χ0n) is 6.18. The fourth-order valence-corrected chi connectivity index (χ4v) is 0.797. The van der Waals surface area contributed by atoms with E-state index in [1.54, 1.807) is 0 Å². The summed E-state index contributed by atoms with van der Waals surface area (Å²) >= 11 is 0. The van der Waals surface area contributed by atoms with Crippen LogP contribution in [0, 0.1) is 5.82 Å². The molecule has 68 valence electrons. The highest BCUT2D eigenvalue weighted by molar-refractivity contribution is 5.92. The second-order valence-corrected chi connectivity index (χ2v) is 2.24. The maximum atomic E-state index is 12.7. The van der Waals surface area contributed by atoms with E-state index in [4.69, 9.17) is 0 Å². The van der Waals surface area contributed by atoms with Crippen LogP contribution in [0.2, 0.25) is 0 Å². The number of hydrogen-bond acceptors (Lipinski definition) is 2. The molecule has 0 saturated carbocycles. The molecular formula is C8H3F3O2. The number of carbonyl (C=O) groups excluding carboxylic acids is 2. The normalized spacial score (nSPS) is 9.77. The largest absolute Gasteiger partial charge is 0.335 e. The van der Waals surface area contributed by atoms with E-state index in [-0.39, 0.29) is 0 Å². The molecule has 0 unspecified atom stereocenters. The van der Waals surface area contributed by atoms with Crippen LogP contribution in [0.5, 0.6) is 0 Å². The average Bonchev–Trinajstić information content (AvgIpc) is 2.03. The SMILES string of the molecule is O=C(F)c1ccc(C(=O)F)c(F)c1. The van der Waals surface area contributed by atoms with E-state index < -0.39 is 29.0 Å². The molecule has 0 aliphatic heterocycles. The number of rotatable bonds is 2. The molecule has 0 fully saturated rings. The maximum Gasteiger partial charge on any atom is 0.335 e. The summed E-state index contributed by atoms with van der Waals surface area (Å²) in [5.41, 5.74) is -1.37. The van der Waals surface area contributed by atoms with Gasteiger partial charge in [-0.2, -0.15) is 8.78 Å². The van der Waals surface area contributed by atoms with Crippen molar-refractivity contribution < 1.29 is 22.8 Å². The van der Waals surface area contributed by atoms with E-state index in [2.05, 4.69) is 0 Å². The van der Waals surface area contributed by atoms with Crippen molar-refractivity contribution in [2.24, 2.45) is 0 Å². The number of halogens is 3. The van der Waals surface area contributed by atoms with Gasteiger partial charge in [0, 0.05) is 0 Å². The van der Waals surface area contributed by atoms with Gasteiger partial charge in [0.05, 0.1) is 11.1 Å². The Hall–Kier alpha value is -1.65. The number of carbonyl (C=O) groups is 2. The van der Waals surface area contributed by atoms with E-state index in [9.17, 15) is 22.8 Å². The first kappa shape index (κ1) is 9.44. The average molecular weight is 188 g/mol. The Morgan fingerprint density at radius 1 is 1.08 bits per heavy atom. The van der Waals surface area contributed by atoms with Crippen LogP contribution in [0.3, 0.4) is 0 Å².